The van der Waals surface area contributed by atoms with E-state index in [4.69, 9.17) is 4.42 Å². The van der Waals surface area contributed by atoms with Crippen LogP contribution in [0.25, 0.3) is 11.6 Å². The summed E-state index contributed by atoms with van der Waals surface area (Å²) in [6, 6.07) is 7.78. The van der Waals surface area contributed by atoms with Crippen molar-refractivity contribution in [1.29, 1.82) is 0 Å². The van der Waals surface area contributed by atoms with Crippen molar-refractivity contribution in [2.24, 2.45) is 5.92 Å². The molecule has 0 saturated heterocycles. The summed E-state index contributed by atoms with van der Waals surface area (Å²) in [5, 5.41) is 14.3. The molecule has 0 aliphatic rings. The first-order valence-electron chi connectivity index (χ1n) is 8.52. The lowest BCUT2D eigenvalue weighted by Crippen LogP contribution is -2.32. The Kier molecular flexibility index (Phi) is 6.16. The Bertz CT molecular complexity index is 826. The summed E-state index contributed by atoms with van der Waals surface area (Å²) in [6.45, 7) is 6.95. The first-order valence-corrected chi connectivity index (χ1v) is 10.4. The van der Waals surface area contributed by atoms with Crippen LogP contribution in [-0.4, -0.2) is 26.4 Å². The van der Waals surface area contributed by atoms with Crippen molar-refractivity contribution in [3.05, 3.63) is 40.8 Å². The number of hydrogen-bond acceptors (Lipinski definition) is 6. The van der Waals surface area contributed by atoms with E-state index >= 15 is 0 Å². The first kappa shape index (κ1) is 18.7. The normalized spacial score (nSPS) is 12.5. The third-order valence-corrected chi connectivity index (χ3v) is 5.86. The Morgan fingerprint density at radius 3 is 2.81 bits per heavy atom. The smallest absolute Gasteiger partial charge is 0.230 e. The number of rotatable bonds is 8. The van der Waals surface area contributed by atoms with Gasteiger partial charge in [0, 0.05) is 11.4 Å². The van der Waals surface area contributed by atoms with Gasteiger partial charge >= 0.3 is 0 Å². The molecule has 0 saturated carbocycles. The van der Waals surface area contributed by atoms with Gasteiger partial charge in [-0.3, -0.25) is 9.36 Å². The maximum atomic E-state index is 12.5. The molecule has 0 aliphatic heterocycles. The summed E-state index contributed by atoms with van der Waals surface area (Å²) < 4.78 is 7.36. The second-order valence-electron chi connectivity index (χ2n) is 6.12. The third-order valence-electron chi connectivity index (χ3n) is 3.94. The van der Waals surface area contributed by atoms with Gasteiger partial charge in [-0.2, -0.15) is 0 Å². The van der Waals surface area contributed by atoms with Crippen molar-refractivity contribution in [1.82, 2.24) is 20.1 Å². The Morgan fingerprint density at radius 1 is 1.35 bits per heavy atom. The Labute approximate surface area is 161 Å². The van der Waals surface area contributed by atoms with Crippen LogP contribution in [0.15, 0.2) is 45.5 Å². The Balaban J connectivity index is 1.64. The van der Waals surface area contributed by atoms with E-state index in [2.05, 4.69) is 35.4 Å². The highest BCUT2D eigenvalue weighted by molar-refractivity contribution is 7.99. The molecule has 0 radical (unpaired) electrons. The zero-order valence-electron chi connectivity index (χ0n) is 15.0. The minimum absolute atomic E-state index is 0.00713. The molecular formula is C18H22N4O2S2. The Morgan fingerprint density at radius 2 is 2.19 bits per heavy atom. The SMILES string of the molecule is CCn1c(SCC(=O)N[C@H](c2cccs2)C(C)C)nnc1-c1ccco1. The van der Waals surface area contributed by atoms with E-state index in [0.29, 0.717) is 35.0 Å². The van der Waals surface area contributed by atoms with Gasteiger partial charge in [0.15, 0.2) is 16.7 Å². The number of amides is 1. The molecule has 3 heterocycles. The number of nitrogens with one attached hydrogen (secondary N) is 1. The van der Waals surface area contributed by atoms with Gasteiger partial charge in [-0.1, -0.05) is 31.7 Å². The van der Waals surface area contributed by atoms with Crippen LogP contribution in [0.4, 0.5) is 0 Å². The second kappa shape index (κ2) is 8.55. The molecule has 0 aromatic carbocycles. The summed E-state index contributed by atoms with van der Waals surface area (Å²) in [5.74, 6) is 1.97. The van der Waals surface area contributed by atoms with E-state index in [-0.39, 0.29) is 11.9 Å². The number of nitrogens with zero attached hydrogens (tertiary/aromatic N) is 3. The van der Waals surface area contributed by atoms with Crippen molar-refractivity contribution >= 4 is 29.0 Å². The fourth-order valence-corrected chi connectivity index (χ4v) is 4.41. The van der Waals surface area contributed by atoms with E-state index in [9.17, 15) is 4.79 Å². The van der Waals surface area contributed by atoms with Crippen molar-refractivity contribution in [2.45, 2.75) is 38.5 Å². The predicted molar refractivity (Wildman–Crippen MR) is 104 cm³/mol. The maximum absolute atomic E-state index is 12.5. The van der Waals surface area contributed by atoms with Gasteiger partial charge in [0.2, 0.25) is 5.91 Å². The van der Waals surface area contributed by atoms with E-state index in [1.54, 1.807) is 17.6 Å². The van der Waals surface area contributed by atoms with Gasteiger partial charge in [-0.05, 0) is 36.4 Å². The molecule has 0 unspecified atom stereocenters. The fourth-order valence-electron chi connectivity index (χ4n) is 2.65. The third kappa shape index (κ3) is 4.19. The van der Waals surface area contributed by atoms with Crippen LogP contribution < -0.4 is 5.32 Å². The fraction of sp³-hybridized carbons (Fsp3) is 0.389. The van der Waals surface area contributed by atoms with Gasteiger partial charge in [-0.15, -0.1) is 21.5 Å². The predicted octanol–water partition coefficient (Wildman–Crippen LogP) is 4.23. The molecule has 26 heavy (non-hydrogen) atoms. The summed E-state index contributed by atoms with van der Waals surface area (Å²) >= 11 is 3.05. The average Bonchev–Trinajstić information content (AvgIpc) is 3.38. The number of hydrogen-bond donors (Lipinski definition) is 1. The minimum atomic E-state index is -0.00713. The van der Waals surface area contributed by atoms with E-state index in [1.165, 1.54) is 16.6 Å². The van der Waals surface area contributed by atoms with Crippen LogP contribution in [0.1, 0.15) is 31.7 Å². The van der Waals surface area contributed by atoms with Gasteiger partial charge in [0.1, 0.15) is 0 Å². The molecule has 6 nitrogen and oxygen atoms in total. The van der Waals surface area contributed by atoms with E-state index in [1.807, 2.05) is 35.1 Å². The Hall–Kier alpha value is -2.06. The molecule has 8 heteroatoms. The highest BCUT2D eigenvalue weighted by atomic mass is 32.2. The number of thioether (sulfide) groups is 1. The second-order valence-corrected chi connectivity index (χ2v) is 8.04. The summed E-state index contributed by atoms with van der Waals surface area (Å²) in [4.78, 5) is 13.6. The van der Waals surface area contributed by atoms with Crippen LogP contribution in [0.3, 0.4) is 0 Å². The number of aromatic nitrogens is 3. The largest absolute Gasteiger partial charge is 0.461 e. The van der Waals surface area contributed by atoms with Crippen molar-refractivity contribution < 1.29 is 9.21 Å². The van der Waals surface area contributed by atoms with Gasteiger partial charge in [0.05, 0.1) is 18.1 Å². The zero-order chi connectivity index (χ0) is 18.5. The van der Waals surface area contributed by atoms with Crippen molar-refractivity contribution in [3.8, 4) is 11.6 Å². The summed E-state index contributed by atoms with van der Waals surface area (Å²) in [5.41, 5.74) is 0. The highest BCUT2D eigenvalue weighted by Crippen LogP contribution is 2.27. The number of furan rings is 1. The molecule has 1 N–H and O–H groups in total. The highest BCUT2D eigenvalue weighted by Gasteiger charge is 2.21. The van der Waals surface area contributed by atoms with Crippen molar-refractivity contribution in [3.63, 3.8) is 0 Å². The molecule has 1 atom stereocenters. The van der Waals surface area contributed by atoms with Gasteiger partial charge < -0.3 is 9.73 Å². The topological polar surface area (TPSA) is 73.0 Å². The monoisotopic (exact) mass is 390 g/mol. The molecule has 0 aliphatic carbocycles. The molecule has 3 rings (SSSR count). The molecule has 0 spiro atoms. The van der Waals surface area contributed by atoms with Crippen LogP contribution in [0.2, 0.25) is 0 Å². The van der Waals surface area contributed by atoms with E-state index in [0.717, 1.165) is 0 Å². The summed E-state index contributed by atoms with van der Waals surface area (Å²) in [7, 11) is 0. The molecule has 0 bridgehead atoms. The lowest BCUT2D eigenvalue weighted by atomic mass is 10.0. The quantitative estimate of drug-likeness (QED) is 0.583. The molecule has 138 valence electrons. The molecule has 0 fully saturated rings. The van der Waals surface area contributed by atoms with E-state index < -0.39 is 0 Å². The lowest BCUT2D eigenvalue weighted by molar-refractivity contribution is -0.119. The zero-order valence-corrected chi connectivity index (χ0v) is 16.6. The average molecular weight is 391 g/mol. The molecular weight excluding hydrogens is 368 g/mol. The first-order chi connectivity index (χ1) is 12.6. The number of carbonyl (C=O) groups is 1. The minimum Gasteiger partial charge on any atom is -0.461 e. The van der Waals surface area contributed by atoms with Crippen LogP contribution >= 0.6 is 23.1 Å². The molecule has 3 aromatic rings. The molecule has 1 amide bonds. The number of thiophene rings is 1. The molecule has 3 aromatic heterocycles. The lowest BCUT2D eigenvalue weighted by Gasteiger charge is -2.21. The maximum Gasteiger partial charge on any atom is 0.230 e. The van der Waals surface area contributed by atoms with Crippen LogP contribution in [0, 0.1) is 5.92 Å². The van der Waals surface area contributed by atoms with Gasteiger partial charge in [0.25, 0.3) is 0 Å². The van der Waals surface area contributed by atoms with Crippen LogP contribution in [0.5, 0.6) is 0 Å². The number of carbonyl (C=O) groups excluding carboxylic acids is 1. The van der Waals surface area contributed by atoms with Crippen molar-refractivity contribution in [2.75, 3.05) is 5.75 Å². The summed E-state index contributed by atoms with van der Waals surface area (Å²) in [6.07, 6.45) is 1.61. The standard InChI is InChI=1S/C18H22N4O2S2/c1-4-22-17(13-7-5-9-24-13)20-21-18(22)26-11-15(23)19-16(12(2)3)14-8-6-10-25-14/h5-10,12,16H,4,11H2,1-3H3,(H,19,23)/t16-/m0/s1. The van der Waals surface area contributed by atoms with Crippen LogP contribution in [-0.2, 0) is 11.3 Å². The van der Waals surface area contributed by atoms with Gasteiger partial charge in [-0.25, -0.2) is 0 Å².